The Labute approximate surface area is 151 Å². The van der Waals surface area contributed by atoms with E-state index >= 15 is 0 Å². The van der Waals surface area contributed by atoms with Gasteiger partial charge in [-0.3, -0.25) is 15.3 Å². The molecule has 2 amide bonds. The summed E-state index contributed by atoms with van der Waals surface area (Å²) in [5.41, 5.74) is 3.36. The maximum atomic E-state index is 12.3. The highest BCUT2D eigenvalue weighted by molar-refractivity contribution is 6.00. The van der Waals surface area contributed by atoms with Crippen LogP contribution < -0.4 is 15.4 Å². The fourth-order valence-electron chi connectivity index (χ4n) is 2.23. The van der Waals surface area contributed by atoms with E-state index in [1.807, 2.05) is 44.2 Å². The third-order valence-corrected chi connectivity index (χ3v) is 3.55. The average Bonchev–Trinajstić information content (AvgIpc) is 2.64. The quantitative estimate of drug-likeness (QED) is 0.733. The van der Waals surface area contributed by atoms with Gasteiger partial charge in [-0.15, -0.1) is 0 Å². The van der Waals surface area contributed by atoms with Crippen molar-refractivity contribution in [3.05, 3.63) is 71.9 Å². The molecule has 0 atom stereocenters. The summed E-state index contributed by atoms with van der Waals surface area (Å²) in [6, 6.07) is 8.95. The predicted molar refractivity (Wildman–Crippen MR) is 99.2 cm³/mol. The SMILES string of the molecule is Cc1ccc(OCc2ccncc2)c(NC(=O)Nc2cnc(C)cn2)c1. The van der Waals surface area contributed by atoms with Gasteiger partial charge in [0.05, 0.1) is 23.8 Å². The van der Waals surface area contributed by atoms with Crippen LogP contribution in [-0.4, -0.2) is 21.0 Å². The van der Waals surface area contributed by atoms with Gasteiger partial charge in [0.1, 0.15) is 12.4 Å². The van der Waals surface area contributed by atoms with E-state index in [-0.39, 0.29) is 0 Å². The molecule has 0 spiro atoms. The largest absolute Gasteiger partial charge is 0.487 e. The lowest BCUT2D eigenvalue weighted by molar-refractivity contribution is 0.261. The lowest BCUT2D eigenvalue weighted by Gasteiger charge is -2.14. The number of carbonyl (C=O) groups is 1. The van der Waals surface area contributed by atoms with Crippen molar-refractivity contribution in [2.75, 3.05) is 10.6 Å². The number of hydrogen-bond acceptors (Lipinski definition) is 5. The van der Waals surface area contributed by atoms with E-state index in [2.05, 4.69) is 25.6 Å². The number of rotatable bonds is 5. The third-order valence-electron chi connectivity index (χ3n) is 3.55. The van der Waals surface area contributed by atoms with Crippen molar-refractivity contribution in [1.82, 2.24) is 15.0 Å². The van der Waals surface area contributed by atoms with E-state index in [1.165, 1.54) is 6.20 Å². The van der Waals surface area contributed by atoms with Crippen molar-refractivity contribution in [3.8, 4) is 5.75 Å². The Morgan fingerprint density at radius 2 is 1.85 bits per heavy atom. The van der Waals surface area contributed by atoms with Gasteiger partial charge in [0.25, 0.3) is 0 Å². The standard InChI is InChI=1S/C19H19N5O2/c1-13-3-4-17(26-12-15-5-7-20-8-6-15)16(9-13)23-19(25)24-18-11-21-14(2)10-22-18/h3-11H,12H2,1-2H3,(H2,22,23,24,25). The van der Waals surface area contributed by atoms with Crippen LogP contribution in [0.15, 0.2) is 55.1 Å². The summed E-state index contributed by atoms with van der Waals surface area (Å²) in [7, 11) is 0. The van der Waals surface area contributed by atoms with Crippen LogP contribution in [0.2, 0.25) is 0 Å². The van der Waals surface area contributed by atoms with Gasteiger partial charge in [0.15, 0.2) is 5.82 Å². The molecule has 0 saturated carbocycles. The van der Waals surface area contributed by atoms with E-state index in [0.29, 0.717) is 23.9 Å². The minimum absolute atomic E-state index is 0.375. The fraction of sp³-hybridized carbons (Fsp3) is 0.158. The van der Waals surface area contributed by atoms with Gasteiger partial charge < -0.3 is 10.1 Å². The van der Waals surface area contributed by atoms with E-state index in [9.17, 15) is 4.79 Å². The average molecular weight is 349 g/mol. The van der Waals surface area contributed by atoms with Crippen LogP contribution in [0, 0.1) is 13.8 Å². The Bertz CT molecular complexity index is 882. The van der Waals surface area contributed by atoms with Gasteiger partial charge in [-0.1, -0.05) is 6.07 Å². The number of carbonyl (C=O) groups excluding carboxylic acids is 1. The molecule has 3 rings (SSSR count). The van der Waals surface area contributed by atoms with E-state index in [1.54, 1.807) is 18.6 Å². The predicted octanol–water partition coefficient (Wildman–Crippen LogP) is 3.71. The van der Waals surface area contributed by atoms with Crippen molar-refractivity contribution in [3.63, 3.8) is 0 Å². The minimum Gasteiger partial charge on any atom is -0.487 e. The summed E-state index contributed by atoms with van der Waals surface area (Å²) in [4.78, 5) is 24.4. The molecule has 0 bridgehead atoms. The fourth-order valence-corrected chi connectivity index (χ4v) is 2.23. The number of ether oxygens (including phenoxy) is 1. The lowest BCUT2D eigenvalue weighted by atomic mass is 10.2. The number of anilines is 2. The Morgan fingerprint density at radius 3 is 2.58 bits per heavy atom. The zero-order valence-corrected chi connectivity index (χ0v) is 14.6. The lowest BCUT2D eigenvalue weighted by Crippen LogP contribution is -2.20. The first-order valence-electron chi connectivity index (χ1n) is 8.09. The molecule has 132 valence electrons. The highest BCUT2D eigenvalue weighted by atomic mass is 16.5. The summed E-state index contributed by atoms with van der Waals surface area (Å²) < 4.78 is 5.85. The van der Waals surface area contributed by atoms with Crippen molar-refractivity contribution < 1.29 is 9.53 Å². The number of aryl methyl sites for hydroxylation is 2. The summed E-state index contributed by atoms with van der Waals surface area (Å²) >= 11 is 0. The third kappa shape index (κ3) is 4.76. The Hall–Kier alpha value is -3.48. The first-order valence-corrected chi connectivity index (χ1v) is 8.09. The second-order valence-electron chi connectivity index (χ2n) is 5.77. The van der Waals surface area contributed by atoms with Crippen molar-refractivity contribution in [1.29, 1.82) is 0 Å². The van der Waals surface area contributed by atoms with Crippen molar-refractivity contribution in [2.45, 2.75) is 20.5 Å². The number of hydrogen-bond donors (Lipinski definition) is 2. The van der Waals surface area contributed by atoms with Gasteiger partial charge in [0.2, 0.25) is 0 Å². The summed E-state index contributed by atoms with van der Waals surface area (Å²) in [6.45, 7) is 4.16. The molecule has 0 unspecified atom stereocenters. The zero-order valence-electron chi connectivity index (χ0n) is 14.6. The van der Waals surface area contributed by atoms with Crippen molar-refractivity contribution in [2.24, 2.45) is 0 Å². The molecule has 2 heterocycles. The van der Waals surface area contributed by atoms with Gasteiger partial charge in [-0.25, -0.2) is 9.78 Å². The maximum Gasteiger partial charge on any atom is 0.324 e. The normalized spacial score (nSPS) is 10.2. The molecule has 0 saturated heterocycles. The van der Waals surface area contributed by atoms with Gasteiger partial charge >= 0.3 is 6.03 Å². The number of urea groups is 1. The van der Waals surface area contributed by atoms with Crippen molar-refractivity contribution >= 4 is 17.5 Å². The van der Waals surface area contributed by atoms with Crippen LogP contribution in [0.5, 0.6) is 5.75 Å². The highest BCUT2D eigenvalue weighted by Crippen LogP contribution is 2.26. The van der Waals surface area contributed by atoms with Crippen LogP contribution in [-0.2, 0) is 6.61 Å². The van der Waals surface area contributed by atoms with Gasteiger partial charge in [-0.05, 0) is 49.2 Å². The number of nitrogens with zero attached hydrogens (tertiary/aromatic N) is 3. The Kier molecular flexibility index (Phi) is 5.38. The molecule has 0 aliphatic rings. The highest BCUT2D eigenvalue weighted by Gasteiger charge is 2.10. The number of pyridine rings is 1. The van der Waals surface area contributed by atoms with Crippen LogP contribution >= 0.6 is 0 Å². The summed E-state index contributed by atoms with van der Waals surface area (Å²) in [5, 5.41) is 5.45. The minimum atomic E-state index is -0.414. The number of amides is 2. The monoisotopic (exact) mass is 349 g/mol. The molecule has 7 nitrogen and oxygen atoms in total. The second kappa shape index (κ2) is 8.06. The zero-order chi connectivity index (χ0) is 18.4. The summed E-state index contributed by atoms with van der Waals surface area (Å²) in [5.74, 6) is 0.956. The molecule has 2 N–H and O–H groups in total. The molecule has 3 aromatic rings. The topological polar surface area (TPSA) is 89.0 Å². The first kappa shape index (κ1) is 17.3. The van der Waals surface area contributed by atoms with Gasteiger partial charge in [0, 0.05) is 12.4 Å². The number of aromatic nitrogens is 3. The van der Waals surface area contributed by atoms with E-state index in [0.717, 1.165) is 16.8 Å². The summed E-state index contributed by atoms with van der Waals surface area (Å²) in [6.07, 6.45) is 6.52. The van der Waals surface area contributed by atoms with E-state index in [4.69, 9.17) is 4.74 Å². The van der Waals surface area contributed by atoms with Crippen LogP contribution in [0.25, 0.3) is 0 Å². The Balaban J connectivity index is 1.68. The molecular formula is C19H19N5O2. The second-order valence-corrected chi connectivity index (χ2v) is 5.77. The Morgan fingerprint density at radius 1 is 1.04 bits per heavy atom. The molecular weight excluding hydrogens is 330 g/mol. The molecule has 0 radical (unpaired) electrons. The molecule has 0 fully saturated rings. The number of nitrogens with one attached hydrogen (secondary N) is 2. The molecule has 0 aliphatic carbocycles. The molecule has 2 aromatic heterocycles. The van der Waals surface area contributed by atoms with Crippen LogP contribution in [0.3, 0.4) is 0 Å². The molecule has 26 heavy (non-hydrogen) atoms. The van der Waals surface area contributed by atoms with Crippen LogP contribution in [0.4, 0.5) is 16.3 Å². The van der Waals surface area contributed by atoms with Crippen LogP contribution in [0.1, 0.15) is 16.8 Å². The number of benzene rings is 1. The smallest absolute Gasteiger partial charge is 0.324 e. The first-order chi connectivity index (χ1) is 12.6. The molecule has 0 aliphatic heterocycles. The molecule has 7 heteroatoms. The van der Waals surface area contributed by atoms with Gasteiger partial charge in [-0.2, -0.15) is 0 Å². The van der Waals surface area contributed by atoms with E-state index < -0.39 is 6.03 Å². The molecule has 1 aromatic carbocycles. The maximum absolute atomic E-state index is 12.3.